The highest BCUT2D eigenvalue weighted by Gasteiger charge is 2.01. The van der Waals surface area contributed by atoms with Gasteiger partial charge in [-0.2, -0.15) is 0 Å². The number of hydrogen-bond acceptors (Lipinski definition) is 4. The number of hydrogen-bond donors (Lipinski definition) is 3. The SMILES string of the molecule is CC(Br)C(=O)O.CCOCC.N.N. The first-order valence-corrected chi connectivity index (χ1v) is 4.42. The second-order valence-electron chi connectivity index (χ2n) is 1.74. The minimum Gasteiger partial charge on any atom is -0.480 e. The summed E-state index contributed by atoms with van der Waals surface area (Å²) in [7, 11) is 0. The van der Waals surface area contributed by atoms with Crippen LogP contribution in [0.2, 0.25) is 0 Å². The van der Waals surface area contributed by atoms with Gasteiger partial charge in [-0.25, -0.2) is 0 Å². The van der Waals surface area contributed by atoms with E-state index in [1.807, 2.05) is 13.8 Å². The summed E-state index contributed by atoms with van der Waals surface area (Å²) in [5.74, 6) is -0.824. The fourth-order valence-corrected chi connectivity index (χ4v) is 0.204. The number of rotatable bonds is 3. The summed E-state index contributed by atoms with van der Waals surface area (Å²) in [6, 6.07) is 0. The van der Waals surface area contributed by atoms with Crippen LogP contribution in [-0.2, 0) is 9.53 Å². The van der Waals surface area contributed by atoms with Crippen LogP contribution in [0, 0.1) is 0 Å². The lowest BCUT2D eigenvalue weighted by atomic mass is 10.5. The monoisotopic (exact) mass is 260 g/mol. The number of carbonyl (C=O) groups is 1. The molecule has 84 valence electrons. The van der Waals surface area contributed by atoms with E-state index in [-0.39, 0.29) is 12.3 Å². The van der Waals surface area contributed by atoms with E-state index in [4.69, 9.17) is 9.84 Å². The van der Waals surface area contributed by atoms with Gasteiger partial charge < -0.3 is 22.1 Å². The van der Waals surface area contributed by atoms with Crippen molar-refractivity contribution in [3.05, 3.63) is 0 Å². The van der Waals surface area contributed by atoms with Gasteiger partial charge in [0.05, 0.1) is 0 Å². The number of alkyl halides is 1. The first kappa shape index (κ1) is 23.0. The van der Waals surface area contributed by atoms with Crippen LogP contribution in [0.5, 0.6) is 0 Å². The first-order chi connectivity index (χ1) is 5.06. The highest BCUT2D eigenvalue weighted by Crippen LogP contribution is 1.93. The van der Waals surface area contributed by atoms with Crippen molar-refractivity contribution in [2.45, 2.75) is 25.6 Å². The standard InChI is InChI=1S/C4H10O.C3H5BrO2.2H3N/c1-3-5-4-2;1-2(4)3(5)6;;/h3-4H2,1-2H3;2H,1H3,(H,5,6);2*1H3. The van der Waals surface area contributed by atoms with Crippen LogP contribution >= 0.6 is 15.9 Å². The lowest BCUT2D eigenvalue weighted by Gasteiger charge is -1.87. The van der Waals surface area contributed by atoms with Gasteiger partial charge in [-0.3, -0.25) is 4.79 Å². The highest BCUT2D eigenvalue weighted by atomic mass is 79.9. The van der Waals surface area contributed by atoms with Crippen LogP contribution < -0.4 is 12.3 Å². The molecule has 0 rings (SSSR count). The third kappa shape index (κ3) is 33.6. The van der Waals surface area contributed by atoms with E-state index in [1.54, 1.807) is 6.92 Å². The summed E-state index contributed by atoms with van der Waals surface area (Å²) in [5, 5.41) is 7.94. The molecule has 0 spiro atoms. The predicted molar refractivity (Wildman–Crippen MR) is 58.2 cm³/mol. The average molecular weight is 261 g/mol. The normalized spacial score (nSPS) is 9.54. The van der Waals surface area contributed by atoms with Crippen molar-refractivity contribution in [3.63, 3.8) is 0 Å². The van der Waals surface area contributed by atoms with E-state index >= 15 is 0 Å². The molecule has 0 aliphatic heterocycles. The lowest BCUT2D eigenvalue weighted by molar-refractivity contribution is -0.135. The molecule has 0 aromatic rings. The van der Waals surface area contributed by atoms with E-state index in [2.05, 4.69) is 15.9 Å². The zero-order chi connectivity index (χ0) is 9.28. The minimum atomic E-state index is -0.824. The number of halogens is 1. The van der Waals surface area contributed by atoms with Gasteiger partial charge in [0, 0.05) is 13.2 Å². The number of aliphatic carboxylic acids is 1. The van der Waals surface area contributed by atoms with Crippen molar-refractivity contribution >= 4 is 21.9 Å². The molecule has 6 heteroatoms. The van der Waals surface area contributed by atoms with Gasteiger partial charge in [-0.15, -0.1) is 0 Å². The van der Waals surface area contributed by atoms with E-state index in [9.17, 15) is 4.79 Å². The topological polar surface area (TPSA) is 117 Å². The van der Waals surface area contributed by atoms with Gasteiger partial charge in [0.15, 0.2) is 0 Å². The summed E-state index contributed by atoms with van der Waals surface area (Å²) < 4.78 is 4.83. The summed E-state index contributed by atoms with van der Waals surface area (Å²) >= 11 is 2.84. The molecule has 0 bridgehead atoms. The molecule has 0 aliphatic carbocycles. The van der Waals surface area contributed by atoms with Crippen LogP contribution in [0.1, 0.15) is 20.8 Å². The van der Waals surface area contributed by atoms with Gasteiger partial charge in [-0.1, -0.05) is 15.9 Å². The molecule has 0 saturated heterocycles. The largest absolute Gasteiger partial charge is 0.480 e. The molecule has 0 aliphatic rings. The molecule has 0 aromatic carbocycles. The van der Waals surface area contributed by atoms with E-state index in [0.29, 0.717) is 0 Å². The lowest BCUT2D eigenvalue weighted by Crippen LogP contribution is -2.06. The molecular formula is C7H21BrN2O3. The van der Waals surface area contributed by atoms with Crippen molar-refractivity contribution in [3.8, 4) is 0 Å². The fourth-order valence-electron chi connectivity index (χ4n) is 0.204. The molecule has 0 saturated carbocycles. The number of ether oxygens (including phenoxy) is 1. The summed E-state index contributed by atoms with van der Waals surface area (Å²) in [6.45, 7) is 7.22. The van der Waals surface area contributed by atoms with E-state index in [0.717, 1.165) is 13.2 Å². The summed E-state index contributed by atoms with van der Waals surface area (Å²) in [5.41, 5.74) is 0. The second kappa shape index (κ2) is 17.8. The third-order valence-electron chi connectivity index (χ3n) is 0.749. The Morgan fingerprint density at radius 3 is 1.62 bits per heavy atom. The quantitative estimate of drug-likeness (QED) is 0.673. The van der Waals surface area contributed by atoms with Crippen molar-refractivity contribution < 1.29 is 14.6 Å². The van der Waals surface area contributed by atoms with Crippen LogP contribution in [0.25, 0.3) is 0 Å². The molecule has 0 radical (unpaired) electrons. The van der Waals surface area contributed by atoms with Crippen LogP contribution in [0.4, 0.5) is 0 Å². The average Bonchev–Trinajstić information content (AvgIpc) is 1.90. The Bertz CT molecular complexity index is 99.7. The minimum absolute atomic E-state index is 0. The predicted octanol–water partition coefficient (Wildman–Crippen LogP) is 2.22. The molecular weight excluding hydrogens is 240 g/mol. The smallest absolute Gasteiger partial charge is 0.316 e. The second-order valence-corrected chi connectivity index (χ2v) is 3.11. The zero-order valence-corrected chi connectivity index (χ0v) is 10.1. The number of carboxylic acids is 1. The Morgan fingerprint density at radius 1 is 1.38 bits per heavy atom. The first-order valence-electron chi connectivity index (χ1n) is 3.50. The van der Waals surface area contributed by atoms with Crippen molar-refractivity contribution in [1.82, 2.24) is 12.3 Å². The Hall–Kier alpha value is -0.170. The Morgan fingerprint density at radius 2 is 1.62 bits per heavy atom. The Labute approximate surface area is 88.1 Å². The Kier molecular flexibility index (Phi) is 31.5. The zero-order valence-electron chi connectivity index (χ0n) is 8.55. The molecule has 0 amide bonds. The van der Waals surface area contributed by atoms with E-state index < -0.39 is 10.8 Å². The van der Waals surface area contributed by atoms with Crippen LogP contribution in [0.15, 0.2) is 0 Å². The van der Waals surface area contributed by atoms with Gasteiger partial charge in [0.1, 0.15) is 4.83 Å². The van der Waals surface area contributed by atoms with E-state index in [1.165, 1.54) is 0 Å². The third-order valence-corrected chi connectivity index (χ3v) is 1.14. The maximum Gasteiger partial charge on any atom is 0.316 e. The fraction of sp³-hybridized carbons (Fsp3) is 0.857. The van der Waals surface area contributed by atoms with Gasteiger partial charge in [-0.05, 0) is 20.8 Å². The molecule has 0 fully saturated rings. The van der Waals surface area contributed by atoms with Crippen LogP contribution in [0.3, 0.4) is 0 Å². The molecule has 13 heavy (non-hydrogen) atoms. The van der Waals surface area contributed by atoms with Crippen molar-refractivity contribution in [2.75, 3.05) is 13.2 Å². The highest BCUT2D eigenvalue weighted by molar-refractivity contribution is 9.10. The summed E-state index contributed by atoms with van der Waals surface area (Å²) in [4.78, 5) is 9.23. The summed E-state index contributed by atoms with van der Waals surface area (Å²) in [6.07, 6.45) is 0. The Balaban J connectivity index is -0.0000000546. The van der Waals surface area contributed by atoms with Gasteiger partial charge in [0.25, 0.3) is 0 Å². The number of carboxylic acid groups (broad SMARTS) is 1. The van der Waals surface area contributed by atoms with Gasteiger partial charge >= 0.3 is 5.97 Å². The maximum atomic E-state index is 9.65. The molecule has 1 atom stereocenters. The molecule has 5 nitrogen and oxygen atoms in total. The molecule has 0 heterocycles. The molecule has 7 N–H and O–H groups in total. The van der Waals surface area contributed by atoms with Crippen molar-refractivity contribution in [1.29, 1.82) is 0 Å². The van der Waals surface area contributed by atoms with Gasteiger partial charge in [0.2, 0.25) is 0 Å². The maximum absolute atomic E-state index is 9.65. The molecule has 1 unspecified atom stereocenters. The van der Waals surface area contributed by atoms with Crippen LogP contribution in [-0.4, -0.2) is 29.1 Å². The molecule has 0 aromatic heterocycles. The van der Waals surface area contributed by atoms with Crippen molar-refractivity contribution in [2.24, 2.45) is 0 Å².